The van der Waals surface area contributed by atoms with Gasteiger partial charge in [-0.1, -0.05) is 6.58 Å². The molecule has 0 saturated carbocycles. The van der Waals surface area contributed by atoms with E-state index in [9.17, 15) is 4.39 Å². The van der Waals surface area contributed by atoms with Gasteiger partial charge in [0, 0.05) is 6.54 Å². The summed E-state index contributed by atoms with van der Waals surface area (Å²) in [5.41, 5.74) is 4.78. The Labute approximate surface area is 42.4 Å². The molecule has 0 rings (SSSR count). The summed E-state index contributed by atoms with van der Waals surface area (Å²) in [5, 5.41) is 7.75. The van der Waals surface area contributed by atoms with Crippen molar-refractivity contribution in [3.8, 4) is 0 Å². The van der Waals surface area contributed by atoms with E-state index in [1.54, 1.807) is 0 Å². The first-order chi connectivity index (χ1) is 3.33. The Kier molecular flexibility index (Phi) is 24.5. The Morgan fingerprint density at radius 3 is 2.00 bits per heavy atom. The molecule has 0 unspecified atom stereocenters. The molecule has 0 heterocycles. The second kappa shape index (κ2) is 17.6. The summed E-state index contributed by atoms with van der Waals surface area (Å²) in [6, 6.07) is 0. The van der Waals surface area contributed by atoms with Crippen LogP contribution in [0.15, 0.2) is 12.9 Å². The highest BCUT2D eigenvalue weighted by atomic mass is 19.1. The van der Waals surface area contributed by atoms with E-state index < -0.39 is 0 Å². The number of hydrogen-bond donors (Lipinski definition) is 2. The van der Waals surface area contributed by atoms with Gasteiger partial charge in [-0.2, -0.15) is 0 Å². The number of aliphatic hydroxyl groups is 1. The molecule has 0 amide bonds. The fraction of sp³-hybridized carbons (Fsp3) is 0.500. The highest BCUT2D eigenvalue weighted by Crippen LogP contribution is 1.48. The first-order valence-electron chi connectivity index (χ1n) is 1.85. The van der Waals surface area contributed by atoms with Crippen LogP contribution in [0.3, 0.4) is 0 Å². The first-order valence-corrected chi connectivity index (χ1v) is 1.85. The van der Waals surface area contributed by atoms with Crippen LogP contribution in [0.5, 0.6) is 0 Å². The zero-order valence-corrected chi connectivity index (χ0v) is 4.10. The average Bonchev–Trinajstić information content (AvgIpc) is 1.69. The molecule has 0 aromatic heterocycles. The Morgan fingerprint density at radius 1 is 1.86 bits per heavy atom. The smallest absolute Gasteiger partial charge is 0.0795 e. The lowest BCUT2D eigenvalue weighted by Crippen LogP contribution is -2.02. The van der Waals surface area contributed by atoms with Gasteiger partial charge < -0.3 is 10.8 Å². The van der Waals surface area contributed by atoms with E-state index >= 15 is 0 Å². The molecule has 0 aliphatic heterocycles. The normalized spacial score (nSPS) is 6.14. The third-order valence-corrected chi connectivity index (χ3v) is 0.129. The van der Waals surface area contributed by atoms with Crippen LogP contribution >= 0.6 is 0 Å². The zero-order valence-electron chi connectivity index (χ0n) is 4.10. The van der Waals surface area contributed by atoms with Crippen molar-refractivity contribution in [1.82, 2.24) is 0 Å². The quantitative estimate of drug-likeness (QED) is 0.497. The van der Waals surface area contributed by atoms with E-state index in [1.165, 1.54) is 0 Å². The lowest BCUT2D eigenvalue weighted by atomic mass is 10.8. The maximum Gasteiger partial charge on any atom is 0.0795 e. The van der Waals surface area contributed by atoms with Crippen LogP contribution in [0.1, 0.15) is 0 Å². The van der Waals surface area contributed by atoms with Crippen molar-refractivity contribution < 1.29 is 9.50 Å². The van der Waals surface area contributed by atoms with Gasteiger partial charge in [0.2, 0.25) is 0 Å². The SMILES string of the molecule is C=CF.NCCO. The van der Waals surface area contributed by atoms with Crippen molar-refractivity contribution in [1.29, 1.82) is 0 Å². The summed E-state index contributed by atoms with van der Waals surface area (Å²) >= 11 is 0. The minimum Gasteiger partial charge on any atom is -0.395 e. The molecule has 3 heteroatoms. The van der Waals surface area contributed by atoms with E-state index in [-0.39, 0.29) is 12.9 Å². The molecule has 0 atom stereocenters. The minimum absolute atomic E-state index is 0.0972. The van der Waals surface area contributed by atoms with Crippen molar-refractivity contribution in [2.45, 2.75) is 0 Å². The fourth-order valence-corrected chi connectivity index (χ4v) is 0. The molecule has 2 nitrogen and oxygen atoms in total. The van der Waals surface area contributed by atoms with Crippen LogP contribution in [-0.2, 0) is 0 Å². The van der Waals surface area contributed by atoms with Crippen LogP contribution in [0.2, 0.25) is 0 Å². The average molecular weight is 107 g/mol. The minimum atomic E-state index is 0.0972. The van der Waals surface area contributed by atoms with E-state index in [0.29, 0.717) is 6.54 Å². The van der Waals surface area contributed by atoms with E-state index in [1.807, 2.05) is 0 Å². The zero-order chi connectivity index (χ0) is 6.12. The van der Waals surface area contributed by atoms with Gasteiger partial charge >= 0.3 is 0 Å². The van der Waals surface area contributed by atoms with E-state index in [0.717, 1.165) is 0 Å². The molecule has 0 spiro atoms. The molecular weight excluding hydrogens is 97.0 g/mol. The van der Waals surface area contributed by atoms with Gasteiger partial charge in [-0.05, 0) is 0 Å². The van der Waals surface area contributed by atoms with Crippen molar-refractivity contribution in [2.24, 2.45) is 5.73 Å². The van der Waals surface area contributed by atoms with Gasteiger partial charge in [0.1, 0.15) is 0 Å². The lowest BCUT2D eigenvalue weighted by molar-refractivity contribution is 0.306. The van der Waals surface area contributed by atoms with Crippen molar-refractivity contribution in [3.63, 3.8) is 0 Å². The fourth-order valence-electron chi connectivity index (χ4n) is 0. The molecule has 0 aliphatic carbocycles. The molecule has 0 aromatic rings. The largest absolute Gasteiger partial charge is 0.395 e. The molecule has 0 fully saturated rings. The molecule has 0 radical (unpaired) electrons. The highest BCUT2D eigenvalue weighted by molar-refractivity contribution is 4.39. The predicted octanol–water partition coefficient (Wildman–Crippen LogP) is 0.0368. The maximum atomic E-state index is 10.1. The van der Waals surface area contributed by atoms with Crippen molar-refractivity contribution in [2.75, 3.05) is 13.2 Å². The molecule has 0 saturated heterocycles. The highest BCUT2D eigenvalue weighted by Gasteiger charge is 1.56. The summed E-state index contributed by atoms with van der Waals surface area (Å²) in [6.07, 6.45) is 0.250. The van der Waals surface area contributed by atoms with Crippen LogP contribution < -0.4 is 5.73 Å². The Balaban J connectivity index is 0. The molecule has 0 aromatic carbocycles. The number of rotatable bonds is 1. The summed E-state index contributed by atoms with van der Waals surface area (Å²) in [5.74, 6) is 0. The Hall–Kier alpha value is -0.410. The van der Waals surface area contributed by atoms with Gasteiger partial charge in [0.25, 0.3) is 0 Å². The van der Waals surface area contributed by atoms with E-state index in [2.05, 4.69) is 6.58 Å². The summed E-state index contributed by atoms with van der Waals surface area (Å²) in [6.45, 7) is 3.17. The maximum absolute atomic E-state index is 10.1. The number of nitrogens with two attached hydrogens (primary N) is 1. The van der Waals surface area contributed by atoms with Gasteiger partial charge in [-0.25, -0.2) is 4.39 Å². The van der Waals surface area contributed by atoms with Gasteiger partial charge in [0.15, 0.2) is 0 Å². The van der Waals surface area contributed by atoms with Crippen LogP contribution in [0.25, 0.3) is 0 Å². The third-order valence-electron chi connectivity index (χ3n) is 0.129. The lowest BCUT2D eigenvalue weighted by Gasteiger charge is -1.71. The predicted molar refractivity (Wildman–Crippen MR) is 27.4 cm³/mol. The molecule has 3 N–H and O–H groups in total. The molecule has 44 valence electrons. The van der Waals surface area contributed by atoms with Crippen LogP contribution in [0.4, 0.5) is 4.39 Å². The monoisotopic (exact) mass is 107 g/mol. The first kappa shape index (κ1) is 9.77. The third kappa shape index (κ3) is 207. The molecule has 0 aliphatic rings. The van der Waals surface area contributed by atoms with E-state index in [4.69, 9.17) is 10.8 Å². The molecular formula is C4H10FNO. The standard InChI is InChI=1S/C2H3F.C2H7NO/c1-2-3;3-1-2-4/h2H,1H2;4H,1-3H2. The van der Waals surface area contributed by atoms with Gasteiger partial charge in [0.05, 0.1) is 12.9 Å². The second-order valence-electron chi connectivity index (χ2n) is 0.667. The van der Waals surface area contributed by atoms with Gasteiger partial charge in [-0.3, -0.25) is 0 Å². The number of halogens is 1. The van der Waals surface area contributed by atoms with Crippen molar-refractivity contribution in [3.05, 3.63) is 12.9 Å². The molecule has 0 bridgehead atoms. The summed E-state index contributed by atoms with van der Waals surface area (Å²) in [4.78, 5) is 0. The number of hydrogen-bond acceptors (Lipinski definition) is 2. The Morgan fingerprint density at radius 2 is 2.00 bits per heavy atom. The van der Waals surface area contributed by atoms with Crippen LogP contribution in [-0.4, -0.2) is 18.3 Å². The van der Waals surface area contributed by atoms with Crippen LogP contribution in [0, 0.1) is 0 Å². The van der Waals surface area contributed by atoms with Gasteiger partial charge in [-0.15, -0.1) is 0 Å². The van der Waals surface area contributed by atoms with Crippen molar-refractivity contribution >= 4 is 0 Å². The molecule has 7 heavy (non-hydrogen) atoms. The Bertz CT molecular complexity index is 30.9. The summed E-state index contributed by atoms with van der Waals surface area (Å²) < 4.78 is 10.1. The number of aliphatic hydroxyl groups excluding tert-OH is 1. The summed E-state index contributed by atoms with van der Waals surface area (Å²) in [7, 11) is 0. The topological polar surface area (TPSA) is 46.2 Å². The second-order valence-corrected chi connectivity index (χ2v) is 0.667.